The number of aryl methyl sites for hydroxylation is 1. The van der Waals surface area contributed by atoms with Gasteiger partial charge in [0.1, 0.15) is 6.04 Å². The molecule has 1 amide bonds. The summed E-state index contributed by atoms with van der Waals surface area (Å²) in [4.78, 5) is 24.2. The SMILES string of the molecule is Cc1cc(C(=O)O)ccc1N1CCOCC1C(N)=O. The van der Waals surface area contributed by atoms with Crippen LogP contribution >= 0.6 is 0 Å². The molecule has 0 aromatic heterocycles. The molecule has 1 fully saturated rings. The zero-order chi connectivity index (χ0) is 14.0. The summed E-state index contributed by atoms with van der Waals surface area (Å²) in [6.45, 7) is 3.15. The maximum absolute atomic E-state index is 11.4. The molecule has 0 bridgehead atoms. The molecule has 2 rings (SSSR count). The minimum atomic E-state index is -0.969. The predicted molar refractivity (Wildman–Crippen MR) is 69.3 cm³/mol. The summed E-state index contributed by atoms with van der Waals surface area (Å²) < 4.78 is 5.26. The highest BCUT2D eigenvalue weighted by Crippen LogP contribution is 2.25. The molecule has 1 atom stereocenters. The second-order valence-corrected chi connectivity index (χ2v) is 4.49. The summed E-state index contributed by atoms with van der Waals surface area (Å²) >= 11 is 0. The van der Waals surface area contributed by atoms with Gasteiger partial charge in [-0.05, 0) is 30.7 Å². The second-order valence-electron chi connectivity index (χ2n) is 4.49. The molecular weight excluding hydrogens is 248 g/mol. The highest BCUT2D eigenvalue weighted by molar-refractivity contribution is 5.89. The van der Waals surface area contributed by atoms with Gasteiger partial charge in [-0.25, -0.2) is 4.79 Å². The molecule has 1 unspecified atom stereocenters. The highest BCUT2D eigenvalue weighted by atomic mass is 16.5. The van der Waals surface area contributed by atoms with Crippen molar-refractivity contribution in [2.45, 2.75) is 13.0 Å². The first-order valence-electron chi connectivity index (χ1n) is 5.98. The van der Waals surface area contributed by atoms with Crippen LogP contribution in [-0.2, 0) is 9.53 Å². The first kappa shape index (κ1) is 13.4. The van der Waals surface area contributed by atoms with Gasteiger partial charge in [0.05, 0.1) is 18.8 Å². The first-order valence-corrected chi connectivity index (χ1v) is 5.98. The third-order valence-electron chi connectivity index (χ3n) is 3.21. The van der Waals surface area contributed by atoms with Crippen LogP contribution in [0.3, 0.4) is 0 Å². The topological polar surface area (TPSA) is 92.9 Å². The molecule has 0 radical (unpaired) electrons. The number of hydrogen-bond donors (Lipinski definition) is 2. The van der Waals surface area contributed by atoms with Crippen molar-refractivity contribution in [3.05, 3.63) is 29.3 Å². The van der Waals surface area contributed by atoms with Crippen molar-refractivity contribution in [1.29, 1.82) is 0 Å². The number of primary amides is 1. The lowest BCUT2D eigenvalue weighted by atomic mass is 10.1. The quantitative estimate of drug-likeness (QED) is 0.823. The van der Waals surface area contributed by atoms with Gasteiger partial charge >= 0.3 is 5.97 Å². The summed E-state index contributed by atoms with van der Waals surface area (Å²) in [5.41, 5.74) is 7.21. The summed E-state index contributed by atoms with van der Waals surface area (Å²) in [5, 5.41) is 8.94. The molecule has 102 valence electrons. The van der Waals surface area contributed by atoms with E-state index in [0.29, 0.717) is 13.2 Å². The standard InChI is InChI=1S/C13H16N2O4/c1-8-6-9(13(17)18)2-3-10(8)15-4-5-19-7-11(15)12(14)16/h2-3,6,11H,4-5,7H2,1H3,(H2,14,16)(H,17,18). The Morgan fingerprint density at radius 1 is 1.47 bits per heavy atom. The zero-order valence-electron chi connectivity index (χ0n) is 10.6. The van der Waals surface area contributed by atoms with Crippen molar-refractivity contribution in [3.8, 4) is 0 Å². The van der Waals surface area contributed by atoms with Gasteiger partial charge < -0.3 is 20.5 Å². The Morgan fingerprint density at radius 3 is 2.79 bits per heavy atom. The van der Waals surface area contributed by atoms with E-state index >= 15 is 0 Å². The van der Waals surface area contributed by atoms with Gasteiger partial charge in [0, 0.05) is 12.2 Å². The van der Waals surface area contributed by atoms with Crippen LogP contribution in [0.4, 0.5) is 5.69 Å². The molecule has 0 saturated carbocycles. The number of benzene rings is 1. The third-order valence-corrected chi connectivity index (χ3v) is 3.21. The number of nitrogens with zero attached hydrogens (tertiary/aromatic N) is 1. The Bertz CT molecular complexity index is 515. The van der Waals surface area contributed by atoms with Gasteiger partial charge in [0.2, 0.25) is 5.91 Å². The number of aromatic carboxylic acids is 1. The maximum atomic E-state index is 11.4. The van der Waals surface area contributed by atoms with E-state index in [0.717, 1.165) is 11.3 Å². The number of carboxylic acids is 1. The molecule has 0 spiro atoms. The van der Waals surface area contributed by atoms with Crippen LogP contribution in [0.2, 0.25) is 0 Å². The van der Waals surface area contributed by atoms with Gasteiger partial charge in [-0.15, -0.1) is 0 Å². The molecule has 1 aliphatic heterocycles. The monoisotopic (exact) mass is 264 g/mol. The fraction of sp³-hybridized carbons (Fsp3) is 0.385. The number of carbonyl (C=O) groups is 2. The molecule has 1 saturated heterocycles. The Kier molecular flexibility index (Phi) is 3.71. The van der Waals surface area contributed by atoms with E-state index in [1.54, 1.807) is 12.1 Å². The molecule has 1 heterocycles. The van der Waals surface area contributed by atoms with Crippen LogP contribution in [0.5, 0.6) is 0 Å². The summed E-state index contributed by atoms with van der Waals surface area (Å²) in [6.07, 6.45) is 0. The lowest BCUT2D eigenvalue weighted by Crippen LogP contribution is -2.52. The van der Waals surface area contributed by atoms with Crippen LogP contribution in [0, 0.1) is 6.92 Å². The predicted octanol–water partition coefficient (Wildman–Crippen LogP) is 0.384. The average molecular weight is 264 g/mol. The van der Waals surface area contributed by atoms with Crippen molar-refractivity contribution in [2.75, 3.05) is 24.7 Å². The van der Waals surface area contributed by atoms with Gasteiger partial charge in [-0.3, -0.25) is 4.79 Å². The van der Waals surface area contributed by atoms with E-state index in [1.165, 1.54) is 6.07 Å². The van der Waals surface area contributed by atoms with E-state index in [9.17, 15) is 9.59 Å². The van der Waals surface area contributed by atoms with Crippen LogP contribution in [0.1, 0.15) is 15.9 Å². The Balaban J connectivity index is 2.34. The minimum absolute atomic E-state index is 0.227. The average Bonchev–Trinajstić information content (AvgIpc) is 2.38. The number of carboxylic acid groups (broad SMARTS) is 1. The van der Waals surface area contributed by atoms with Crippen LogP contribution in [0.25, 0.3) is 0 Å². The van der Waals surface area contributed by atoms with Crippen molar-refractivity contribution in [2.24, 2.45) is 5.73 Å². The lowest BCUT2D eigenvalue weighted by molar-refractivity contribution is -0.121. The fourth-order valence-corrected chi connectivity index (χ4v) is 2.24. The summed E-state index contributed by atoms with van der Waals surface area (Å²) in [6, 6.07) is 4.31. The van der Waals surface area contributed by atoms with Crippen molar-refractivity contribution < 1.29 is 19.4 Å². The second kappa shape index (κ2) is 5.27. The molecule has 0 aliphatic carbocycles. The lowest BCUT2D eigenvalue weighted by Gasteiger charge is -2.36. The van der Waals surface area contributed by atoms with Gasteiger partial charge in [-0.2, -0.15) is 0 Å². The molecule has 19 heavy (non-hydrogen) atoms. The van der Waals surface area contributed by atoms with Crippen LogP contribution in [0.15, 0.2) is 18.2 Å². The van der Waals surface area contributed by atoms with Crippen molar-refractivity contribution >= 4 is 17.6 Å². The molecule has 6 heteroatoms. The number of carbonyl (C=O) groups excluding carboxylic acids is 1. The van der Waals surface area contributed by atoms with E-state index in [4.69, 9.17) is 15.6 Å². The summed E-state index contributed by atoms with van der Waals surface area (Å²) in [5.74, 6) is -1.41. The van der Waals surface area contributed by atoms with E-state index in [2.05, 4.69) is 0 Å². The zero-order valence-corrected chi connectivity index (χ0v) is 10.6. The van der Waals surface area contributed by atoms with Crippen molar-refractivity contribution in [1.82, 2.24) is 0 Å². The number of rotatable bonds is 3. The third kappa shape index (κ3) is 2.68. The molecular formula is C13H16N2O4. The number of morpholine rings is 1. The Morgan fingerprint density at radius 2 is 2.21 bits per heavy atom. The largest absolute Gasteiger partial charge is 0.478 e. The number of nitrogens with two attached hydrogens (primary N) is 1. The normalized spacial score (nSPS) is 19.2. The van der Waals surface area contributed by atoms with E-state index < -0.39 is 17.9 Å². The first-order chi connectivity index (χ1) is 9.00. The number of anilines is 1. The molecule has 1 aliphatic rings. The molecule has 6 nitrogen and oxygen atoms in total. The van der Waals surface area contributed by atoms with Gasteiger partial charge in [-0.1, -0.05) is 0 Å². The number of ether oxygens (including phenoxy) is 1. The number of amides is 1. The van der Waals surface area contributed by atoms with E-state index in [-0.39, 0.29) is 12.2 Å². The maximum Gasteiger partial charge on any atom is 0.335 e. The number of hydrogen-bond acceptors (Lipinski definition) is 4. The highest BCUT2D eigenvalue weighted by Gasteiger charge is 2.28. The molecule has 1 aromatic carbocycles. The van der Waals surface area contributed by atoms with Gasteiger partial charge in [0.25, 0.3) is 0 Å². The smallest absolute Gasteiger partial charge is 0.335 e. The molecule has 3 N–H and O–H groups in total. The van der Waals surface area contributed by atoms with Gasteiger partial charge in [0.15, 0.2) is 0 Å². The molecule has 1 aromatic rings. The van der Waals surface area contributed by atoms with Crippen LogP contribution < -0.4 is 10.6 Å². The fourth-order valence-electron chi connectivity index (χ4n) is 2.24. The Labute approximate surface area is 110 Å². The van der Waals surface area contributed by atoms with Crippen molar-refractivity contribution in [3.63, 3.8) is 0 Å². The minimum Gasteiger partial charge on any atom is -0.478 e. The summed E-state index contributed by atoms with van der Waals surface area (Å²) in [7, 11) is 0. The van der Waals surface area contributed by atoms with E-state index in [1.807, 2.05) is 11.8 Å². The van der Waals surface area contributed by atoms with Crippen LogP contribution in [-0.4, -0.2) is 42.8 Å². The Hall–Kier alpha value is -2.08.